The number of nitrogens with one attached hydrogen (secondary N) is 1. The summed E-state index contributed by atoms with van der Waals surface area (Å²) in [5.74, 6) is 0.784. The van der Waals surface area contributed by atoms with E-state index in [0.29, 0.717) is 6.04 Å². The van der Waals surface area contributed by atoms with Crippen molar-refractivity contribution in [3.8, 4) is 0 Å². The van der Waals surface area contributed by atoms with Gasteiger partial charge >= 0.3 is 0 Å². The van der Waals surface area contributed by atoms with Crippen LogP contribution in [-0.4, -0.2) is 15.7 Å². The zero-order valence-electron chi connectivity index (χ0n) is 11.6. The van der Waals surface area contributed by atoms with E-state index < -0.39 is 0 Å². The van der Waals surface area contributed by atoms with Crippen molar-refractivity contribution in [3.63, 3.8) is 0 Å². The van der Waals surface area contributed by atoms with Gasteiger partial charge in [-0.15, -0.1) is 0 Å². The average Bonchev–Trinajstić information content (AvgIpc) is 2.77. The Labute approximate surface area is 109 Å². The minimum atomic E-state index is 0.561. The van der Waals surface area contributed by atoms with Gasteiger partial charge in [0.25, 0.3) is 0 Å². The van der Waals surface area contributed by atoms with Gasteiger partial charge in [0.1, 0.15) is 0 Å². The van der Waals surface area contributed by atoms with Crippen LogP contribution >= 0.6 is 0 Å². The Morgan fingerprint density at radius 3 is 2.83 bits per heavy atom. The molecular weight excluding hydrogens is 222 g/mol. The van der Waals surface area contributed by atoms with Gasteiger partial charge in [-0.3, -0.25) is 0 Å². The largest absolute Gasteiger partial charge is 0.310 e. The van der Waals surface area contributed by atoms with Gasteiger partial charge in [0.15, 0.2) is 0 Å². The maximum atomic E-state index is 4.35. The number of fused-ring (bicyclic) bond motifs is 1. The van der Waals surface area contributed by atoms with Gasteiger partial charge in [-0.05, 0) is 37.8 Å². The summed E-state index contributed by atoms with van der Waals surface area (Å²) in [5, 5.41) is 7.93. The molecule has 0 aliphatic rings. The highest BCUT2D eigenvalue weighted by molar-refractivity contribution is 5.53. The smallest absolute Gasteiger partial charge is 0.0706 e. The van der Waals surface area contributed by atoms with Crippen molar-refractivity contribution in [2.75, 3.05) is 0 Å². The maximum absolute atomic E-state index is 4.35. The molecule has 1 N–H and O–H groups in total. The van der Waals surface area contributed by atoms with Gasteiger partial charge in [-0.25, -0.2) is 4.52 Å². The van der Waals surface area contributed by atoms with Crippen molar-refractivity contribution >= 4 is 5.52 Å². The van der Waals surface area contributed by atoms with Crippen LogP contribution in [0.5, 0.6) is 0 Å². The summed E-state index contributed by atoms with van der Waals surface area (Å²) in [4.78, 5) is 0. The summed E-state index contributed by atoms with van der Waals surface area (Å²) >= 11 is 0. The van der Waals surface area contributed by atoms with Crippen LogP contribution in [0.1, 0.15) is 39.2 Å². The third kappa shape index (κ3) is 3.33. The first-order valence-electron chi connectivity index (χ1n) is 6.81. The highest BCUT2D eigenvalue weighted by Crippen LogP contribution is 2.11. The molecule has 0 fully saturated rings. The van der Waals surface area contributed by atoms with Crippen LogP contribution < -0.4 is 5.32 Å². The highest BCUT2D eigenvalue weighted by Gasteiger charge is 2.06. The fraction of sp³-hybridized carbons (Fsp3) is 0.533. The molecule has 1 atom stereocenters. The standard InChI is InChI=1S/C15H23N3/c1-12(2)7-8-13(3)16-10-14-11-17-18-9-5-4-6-15(14)18/h4-6,9,11-13,16H,7-8,10H2,1-3H3. The van der Waals surface area contributed by atoms with E-state index in [1.807, 2.05) is 23.0 Å². The van der Waals surface area contributed by atoms with Crippen LogP contribution in [0.4, 0.5) is 0 Å². The molecule has 2 heterocycles. The number of hydrogen-bond acceptors (Lipinski definition) is 2. The molecular formula is C15H23N3. The number of aromatic nitrogens is 2. The van der Waals surface area contributed by atoms with Crippen molar-refractivity contribution in [1.29, 1.82) is 0 Å². The van der Waals surface area contributed by atoms with E-state index >= 15 is 0 Å². The summed E-state index contributed by atoms with van der Waals surface area (Å²) in [6.07, 6.45) is 6.46. The summed E-state index contributed by atoms with van der Waals surface area (Å²) < 4.78 is 1.93. The lowest BCUT2D eigenvalue weighted by Crippen LogP contribution is -2.25. The van der Waals surface area contributed by atoms with Crippen LogP contribution in [-0.2, 0) is 6.54 Å². The quantitative estimate of drug-likeness (QED) is 0.846. The van der Waals surface area contributed by atoms with E-state index in [-0.39, 0.29) is 0 Å². The van der Waals surface area contributed by atoms with E-state index in [2.05, 4.69) is 43.3 Å². The molecule has 98 valence electrons. The van der Waals surface area contributed by atoms with Gasteiger partial charge in [0.2, 0.25) is 0 Å². The molecule has 2 aromatic rings. The van der Waals surface area contributed by atoms with E-state index in [9.17, 15) is 0 Å². The normalized spacial score (nSPS) is 13.3. The van der Waals surface area contributed by atoms with Crippen molar-refractivity contribution in [2.45, 2.75) is 46.2 Å². The molecule has 0 saturated carbocycles. The second-order valence-electron chi connectivity index (χ2n) is 5.45. The van der Waals surface area contributed by atoms with Gasteiger partial charge in [0.05, 0.1) is 11.7 Å². The number of nitrogens with zero attached hydrogens (tertiary/aromatic N) is 2. The molecule has 3 nitrogen and oxygen atoms in total. The SMILES string of the molecule is CC(C)CCC(C)NCc1cnn2ccccc12. The molecule has 18 heavy (non-hydrogen) atoms. The zero-order chi connectivity index (χ0) is 13.0. The number of pyridine rings is 1. The fourth-order valence-corrected chi connectivity index (χ4v) is 2.09. The number of hydrogen-bond donors (Lipinski definition) is 1. The first kappa shape index (κ1) is 13.1. The lowest BCUT2D eigenvalue weighted by atomic mass is 10.0. The molecule has 1 unspecified atom stereocenters. The second-order valence-corrected chi connectivity index (χ2v) is 5.45. The zero-order valence-corrected chi connectivity index (χ0v) is 11.6. The highest BCUT2D eigenvalue weighted by atomic mass is 15.2. The third-order valence-corrected chi connectivity index (χ3v) is 3.32. The first-order chi connectivity index (χ1) is 8.66. The molecule has 0 spiro atoms. The van der Waals surface area contributed by atoms with Crippen molar-refractivity contribution < 1.29 is 0 Å². The monoisotopic (exact) mass is 245 g/mol. The minimum absolute atomic E-state index is 0.561. The van der Waals surface area contributed by atoms with Gasteiger partial charge < -0.3 is 5.32 Å². The fourth-order valence-electron chi connectivity index (χ4n) is 2.09. The number of rotatable bonds is 6. The first-order valence-corrected chi connectivity index (χ1v) is 6.81. The topological polar surface area (TPSA) is 29.3 Å². The molecule has 2 aromatic heterocycles. The van der Waals surface area contributed by atoms with Crippen LogP contribution in [0.25, 0.3) is 5.52 Å². The summed E-state index contributed by atoms with van der Waals surface area (Å²) in [6.45, 7) is 7.71. The van der Waals surface area contributed by atoms with Gasteiger partial charge in [0, 0.05) is 24.3 Å². The Morgan fingerprint density at radius 1 is 1.22 bits per heavy atom. The van der Waals surface area contributed by atoms with E-state index in [0.717, 1.165) is 12.5 Å². The van der Waals surface area contributed by atoms with Crippen molar-refractivity contribution in [3.05, 3.63) is 36.2 Å². The summed E-state index contributed by atoms with van der Waals surface area (Å²) in [5.41, 5.74) is 2.47. The van der Waals surface area contributed by atoms with Crippen LogP contribution in [0.2, 0.25) is 0 Å². The minimum Gasteiger partial charge on any atom is -0.310 e. The van der Waals surface area contributed by atoms with Gasteiger partial charge in [-0.2, -0.15) is 5.10 Å². The molecule has 0 radical (unpaired) electrons. The molecule has 0 aromatic carbocycles. The Morgan fingerprint density at radius 2 is 2.06 bits per heavy atom. The van der Waals surface area contributed by atoms with Crippen LogP contribution in [0, 0.1) is 5.92 Å². The maximum Gasteiger partial charge on any atom is 0.0706 e. The van der Waals surface area contributed by atoms with E-state index in [1.54, 1.807) is 0 Å². The second kappa shape index (κ2) is 6.01. The lowest BCUT2D eigenvalue weighted by Gasteiger charge is -2.14. The van der Waals surface area contributed by atoms with E-state index in [1.165, 1.54) is 23.9 Å². The summed E-state index contributed by atoms with van der Waals surface area (Å²) in [7, 11) is 0. The molecule has 3 heteroatoms. The van der Waals surface area contributed by atoms with Crippen molar-refractivity contribution in [1.82, 2.24) is 14.9 Å². The molecule has 0 aliphatic heterocycles. The predicted molar refractivity (Wildman–Crippen MR) is 75.6 cm³/mol. The molecule has 0 bridgehead atoms. The third-order valence-electron chi connectivity index (χ3n) is 3.32. The Kier molecular flexibility index (Phi) is 4.37. The molecule has 0 saturated heterocycles. The Hall–Kier alpha value is -1.35. The van der Waals surface area contributed by atoms with Crippen molar-refractivity contribution in [2.24, 2.45) is 5.92 Å². The lowest BCUT2D eigenvalue weighted by molar-refractivity contribution is 0.451. The Bertz CT molecular complexity index is 487. The van der Waals surface area contributed by atoms with Gasteiger partial charge in [-0.1, -0.05) is 19.9 Å². The summed E-state index contributed by atoms with van der Waals surface area (Å²) in [6, 6.07) is 6.74. The average molecular weight is 245 g/mol. The molecule has 0 amide bonds. The predicted octanol–water partition coefficient (Wildman–Crippen LogP) is 3.25. The molecule has 2 rings (SSSR count). The molecule has 0 aliphatic carbocycles. The van der Waals surface area contributed by atoms with Crippen LogP contribution in [0.15, 0.2) is 30.6 Å². The van der Waals surface area contributed by atoms with E-state index in [4.69, 9.17) is 0 Å². The van der Waals surface area contributed by atoms with Crippen LogP contribution in [0.3, 0.4) is 0 Å². The Balaban J connectivity index is 1.90.